The number of halogens is 1. The summed E-state index contributed by atoms with van der Waals surface area (Å²) in [5.41, 5.74) is 0.212. The summed E-state index contributed by atoms with van der Waals surface area (Å²) in [5, 5.41) is 3.28. The highest BCUT2D eigenvalue weighted by molar-refractivity contribution is 7.89. The predicted molar refractivity (Wildman–Crippen MR) is 100 cm³/mol. The van der Waals surface area contributed by atoms with Gasteiger partial charge in [-0.05, 0) is 44.9 Å². The van der Waals surface area contributed by atoms with Gasteiger partial charge in [0.25, 0.3) is 5.91 Å². The molecule has 1 aliphatic carbocycles. The van der Waals surface area contributed by atoms with Crippen molar-refractivity contribution in [1.82, 2.24) is 9.62 Å². The minimum absolute atomic E-state index is 0.0825. The van der Waals surface area contributed by atoms with Crippen LogP contribution in [0.5, 0.6) is 0 Å². The van der Waals surface area contributed by atoms with Crippen LogP contribution in [0.2, 0.25) is 5.02 Å². The molecule has 25 heavy (non-hydrogen) atoms. The monoisotopic (exact) mass is 386 g/mol. The van der Waals surface area contributed by atoms with Crippen molar-refractivity contribution in [2.24, 2.45) is 0 Å². The second-order valence-corrected chi connectivity index (χ2v) is 9.32. The Balaban J connectivity index is 2.25. The van der Waals surface area contributed by atoms with Crippen molar-refractivity contribution in [3.8, 4) is 0 Å². The average molecular weight is 387 g/mol. The lowest BCUT2D eigenvalue weighted by atomic mass is 10.1. The zero-order chi connectivity index (χ0) is 18.6. The van der Waals surface area contributed by atoms with Crippen LogP contribution in [0.25, 0.3) is 0 Å². The number of rotatable bonds is 5. The summed E-state index contributed by atoms with van der Waals surface area (Å²) in [6.45, 7) is 3.60. The molecular weight excluding hydrogens is 360 g/mol. The van der Waals surface area contributed by atoms with E-state index in [4.69, 9.17) is 11.6 Å². The van der Waals surface area contributed by atoms with Crippen LogP contribution in [-0.4, -0.2) is 37.8 Å². The number of carbonyl (C=O) groups excluding carboxylic acids is 1. The Hall–Kier alpha value is -1.11. The van der Waals surface area contributed by atoms with Gasteiger partial charge < -0.3 is 5.32 Å². The highest BCUT2D eigenvalue weighted by Crippen LogP contribution is 2.24. The van der Waals surface area contributed by atoms with Gasteiger partial charge in [-0.1, -0.05) is 37.3 Å². The molecule has 1 fully saturated rings. The van der Waals surface area contributed by atoms with Gasteiger partial charge in [0.05, 0.1) is 15.5 Å². The number of nitrogens with one attached hydrogen (secondary N) is 1. The molecule has 1 aromatic rings. The number of amides is 1. The average Bonchev–Trinajstić information content (AvgIpc) is 2.82. The van der Waals surface area contributed by atoms with Crippen molar-refractivity contribution >= 4 is 27.5 Å². The first-order valence-electron chi connectivity index (χ1n) is 8.82. The van der Waals surface area contributed by atoms with Crippen LogP contribution in [-0.2, 0) is 10.0 Å². The van der Waals surface area contributed by atoms with E-state index in [0.717, 1.165) is 25.7 Å². The van der Waals surface area contributed by atoms with Gasteiger partial charge in [0.2, 0.25) is 10.0 Å². The maximum Gasteiger partial charge on any atom is 0.253 e. The van der Waals surface area contributed by atoms with Crippen LogP contribution in [0.1, 0.15) is 62.7 Å². The summed E-state index contributed by atoms with van der Waals surface area (Å²) >= 11 is 6.16. The number of benzene rings is 1. The van der Waals surface area contributed by atoms with Gasteiger partial charge >= 0.3 is 0 Å². The van der Waals surface area contributed by atoms with Crippen molar-refractivity contribution in [1.29, 1.82) is 0 Å². The quantitative estimate of drug-likeness (QED) is 0.782. The minimum atomic E-state index is -3.66. The molecule has 140 valence electrons. The SMILES string of the molecule is CC(C)N(C)S(=O)(=O)c1ccc(Cl)c(C(=O)NC2CCCCCC2)c1. The molecule has 1 amide bonds. The van der Waals surface area contributed by atoms with Crippen molar-refractivity contribution in [3.63, 3.8) is 0 Å². The summed E-state index contributed by atoms with van der Waals surface area (Å²) in [6, 6.07) is 4.25. The lowest BCUT2D eigenvalue weighted by Gasteiger charge is -2.22. The van der Waals surface area contributed by atoms with Gasteiger partial charge in [0.1, 0.15) is 0 Å². The van der Waals surface area contributed by atoms with E-state index < -0.39 is 10.0 Å². The van der Waals surface area contributed by atoms with E-state index in [1.54, 1.807) is 13.8 Å². The smallest absolute Gasteiger partial charge is 0.253 e. The molecule has 1 saturated carbocycles. The molecule has 1 aliphatic rings. The molecule has 0 unspecified atom stereocenters. The second kappa shape index (κ2) is 8.52. The molecule has 0 aromatic heterocycles. The lowest BCUT2D eigenvalue weighted by molar-refractivity contribution is 0.0933. The topological polar surface area (TPSA) is 66.5 Å². The van der Waals surface area contributed by atoms with Gasteiger partial charge in [-0.2, -0.15) is 4.31 Å². The molecule has 0 aliphatic heterocycles. The number of carbonyl (C=O) groups is 1. The molecule has 0 heterocycles. The highest BCUT2D eigenvalue weighted by Gasteiger charge is 2.25. The Kier molecular flexibility index (Phi) is 6.88. The largest absolute Gasteiger partial charge is 0.349 e. The standard InChI is InChI=1S/C18H27ClN2O3S/c1-13(2)21(3)25(23,24)15-10-11-17(19)16(12-15)18(22)20-14-8-6-4-5-7-9-14/h10-14H,4-9H2,1-3H3,(H,20,22). The number of sulfonamides is 1. The van der Waals surface area contributed by atoms with Crippen LogP contribution in [0.15, 0.2) is 23.1 Å². The highest BCUT2D eigenvalue weighted by atomic mass is 35.5. The maximum atomic E-state index is 12.6. The number of nitrogens with zero attached hydrogens (tertiary/aromatic N) is 1. The van der Waals surface area contributed by atoms with E-state index in [0.29, 0.717) is 0 Å². The van der Waals surface area contributed by atoms with Gasteiger partial charge in [-0.3, -0.25) is 4.79 Å². The van der Waals surface area contributed by atoms with Crippen LogP contribution < -0.4 is 5.32 Å². The van der Waals surface area contributed by atoms with E-state index >= 15 is 0 Å². The van der Waals surface area contributed by atoms with E-state index in [9.17, 15) is 13.2 Å². The molecule has 1 N–H and O–H groups in total. The zero-order valence-electron chi connectivity index (χ0n) is 15.1. The molecular formula is C18H27ClN2O3S. The van der Waals surface area contributed by atoms with Crippen molar-refractivity contribution < 1.29 is 13.2 Å². The third-order valence-electron chi connectivity index (χ3n) is 4.78. The van der Waals surface area contributed by atoms with E-state index in [2.05, 4.69) is 5.32 Å². The summed E-state index contributed by atoms with van der Waals surface area (Å²) in [6.07, 6.45) is 6.51. The molecule has 7 heteroatoms. The van der Waals surface area contributed by atoms with Crippen molar-refractivity contribution in [2.75, 3.05) is 7.05 Å². The Morgan fingerprint density at radius 1 is 1.20 bits per heavy atom. The van der Waals surface area contributed by atoms with Crippen LogP contribution >= 0.6 is 11.6 Å². The Morgan fingerprint density at radius 2 is 1.80 bits per heavy atom. The first-order chi connectivity index (χ1) is 11.7. The maximum absolute atomic E-state index is 12.6. The molecule has 5 nitrogen and oxygen atoms in total. The first kappa shape index (κ1) is 20.2. The predicted octanol–water partition coefficient (Wildman–Crippen LogP) is 3.82. The van der Waals surface area contributed by atoms with Crippen molar-refractivity contribution in [2.45, 2.75) is 69.4 Å². The summed E-state index contributed by atoms with van der Waals surface area (Å²) in [4.78, 5) is 12.7. The fourth-order valence-corrected chi connectivity index (χ4v) is 4.57. The first-order valence-corrected chi connectivity index (χ1v) is 10.6. The summed E-state index contributed by atoms with van der Waals surface area (Å²) in [5.74, 6) is -0.304. The molecule has 0 atom stereocenters. The molecule has 0 bridgehead atoms. The Labute approximate surface area is 155 Å². The number of hydrogen-bond acceptors (Lipinski definition) is 3. The molecule has 0 saturated heterocycles. The summed E-state index contributed by atoms with van der Waals surface area (Å²) in [7, 11) is -2.13. The van der Waals surface area contributed by atoms with Gasteiger partial charge in [0.15, 0.2) is 0 Å². The van der Waals surface area contributed by atoms with Crippen LogP contribution in [0, 0.1) is 0 Å². The molecule has 2 rings (SSSR count). The third kappa shape index (κ3) is 4.96. The second-order valence-electron chi connectivity index (χ2n) is 6.92. The van der Waals surface area contributed by atoms with Crippen LogP contribution in [0.4, 0.5) is 0 Å². The summed E-state index contributed by atoms with van der Waals surface area (Å²) < 4.78 is 26.6. The fraction of sp³-hybridized carbons (Fsp3) is 0.611. The van der Waals surface area contributed by atoms with Gasteiger partial charge in [0, 0.05) is 19.1 Å². The van der Waals surface area contributed by atoms with Crippen molar-refractivity contribution in [3.05, 3.63) is 28.8 Å². The fourth-order valence-electron chi connectivity index (χ4n) is 2.97. The Morgan fingerprint density at radius 3 is 2.36 bits per heavy atom. The van der Waals surface area contributed by atoms with Gasteiger partial charge in [-0.25, -0.2) is 8.42 Å². The minimum Gasteiger partial charge on any atom is -0.349 e. The molecule has 0 radical (unpaired) electrons. The normalized spacial score (nSPS) is 16.9. The van der Waals surface area contributed by atoms with E-state index in [1.165, 1.54) is 42.4 Å². The number of hydrogen-bond donors (Lipinski definition) is 1. The third-order valence-corrected chi connectivity index (χ3v) is 7.14. The zero-order valence-corrected chi connectivity index (χ0v) is 16.7. The Bertz CT molecular complexity index is 711. The lowest BCUT2D eigenvalue weighted by Crippen LogP contribution is -2.35. The van der Waals surface area contributed by atoms with Gasteiger partial charge in [-0.15, -0.1) is 0 Å². The van der Waals surface area contributed by atoms with E-state index in [1.807, 2.05) is 0 Å². The molecule has 0 spiro atoms. The van der Waals surface area contributed by atoms with Crippen LogP contribution in [0.3, 0.4) is 0 Å². The van der Waals surface area contributed by atoms with E-state index in [-0.39, 0.29) is 33.5 Å². The molecule has 1 aromatic carbocycles.